The van der Waals surface area contributed by atoms with Crippen molar-refractivity contribution in [1.29, 1.82) is 0 Å². The molecular weight excluding hydrogens is 416 g/mol. The van der Waals surface area contributed by atoms with Crippen molar-refractivity contribution >= 4 is 17.5 Å². The van der Waals surface area contributed by atoms with E-state index < -0.39 is 6.04 Å². The lowest BCUT2D eigenvalue weighted by Gasteiger charge is -2.33. The molecule has 2 aromatic carbocycles. The molecule has 1 aliphatic carbocycles. The van der Waals surface area contributed by atoms with E-state index in [1.807, 2.05) is 67.3 Å². The fraction of sp³-hybridized carbons (Fsp3) is 0.400. The number of fused-ring (bicyclic) bond motifs is 1. The fourth-order valence-corrected chi connectivity index (χ4v) is 5.31. The number of anilines is 1. The summed E-state index contributed by atoms with van der Waals surface area (Å²) in [4.78, 5) is 28.8. The Bertz CT molecular complexity index is 1170. The normalized spacial score (nSPS) is 22.1. The summed E-state index contributed by atoms with van der Waals surface area (Å²) >= 11 is 0. The van der Waals surface area contributed by atoms with Crippen molar-refractivity contribution in [2.45, 2.75) is 58.0 Å². The molecule has 2 heterocycles. The lowest BCUT2D eigenvalue weighted by Crippen LogP contribution is -2.47. The first-order valence-corrected chi connectivity index (χ1v) is 11.6. The van der Waals surface area contributed by atoms with Crippen LogP contribution < -0.4 is 5.32 Å². The van der Waals surface area contributed by atoms with E-state index >= 15 is 0 Å². The molecule has 0 spiro atoms. The van der Waals surface area contributed by atoms with Gasteiger partial charge in [0.15, 0.2) is 5.82 Å². The van der Waals surface area contributed by atoms with E-state index in [1.54, 1.807) is 4.68 Å². The predicted octanol–water partition coefficient (Wildman–Crippen LogP) is 3.69. The first-order valence-electron chi connectivity index (χ1n) is 11.6. The molecule has 8 heteroatoms. The highest BCUT2D eigenvalue weighted by molar-refractivity contribution is 6.02. The molecule has 2 amide bonds. The summed E-state index contributed by atoms with van der Waals surface area (Å²) in [6.45, 7) is 3.81. The Labute approximate surface area is 193 Å². The summed E-state index contributed by atoms with van der Waals surface area (Å²) in [5, 5.41) is 14.8. The maximum absolute atomic E-state index is 13.5. The van der Waals surface area contributed by atoms with E-state index in [1.165, 1.54) is 0 Å². The molecule has 1 saturated heterocycles. The fourth-order valence-electron chi connectivity index (χ4n) is 5.31. The van der Waals surface area contributed by atoms with Gasteiger partial charge in [0.1, 0.15) is 6.04 Å². The number of benzene rings is 2. The molecule has 2 aliphatic rings. The SMILES string of the molecule is Cc1ccc(NC(=O)C2CC3CCCCC3N2C(=O)c2ccccc2)cc1-n1nnnc1C. The van der Waals surface area contributed by atoms with Gasteiger partial charge in [-0.15, -0.1) is 5.10 Å². The van der Waals surface area contributed by atoms with Crippen molar-refractivity contribution in [3.63, 3.8) is 0 Å². The number of tetrazole rings is 1. The quantitative estimate of drug-likeness (QED) is 0.662. The molecule has 33 heavy (non-hydrogen) atoms. The van der Waals surface area contributed by atoms with Crippen molar-refractivity contribution < 1.29 is 9.59 Å². The second-order valence-corrected chi connectivity index (χ2v) is 9.07. The van der Waals surface area contributed by atoms with Crippen LogP contribution in [-0.4, -0.2) is 49.0 Å². The number of likely N-dealkylation sites (tertiary alicyclic amines) is 1. The maximum atomic E-state index is 13.5. The monoisotopic (exact) mass is 444 g/mol. The Morgan fingerprint density at radius 2 is 1.82 bits per heavy atom. The van der Waals surface area contributed by atoms with E-state index in [0.29, 0.717) is 29.4 Å². The van der Waals surface area contributed by atoms with Crippen LogP contribution in [0.4, 0.5) is 5.69 Å². The van der Waals surface area contributed by atoms with Gasteiger partial charge in [-0.1, -0.05) is 37.1 Å². The van der Waals surface area contributed by atoms with Crippen LogP contribution in [0.5, 0.6) is 0 Å². The molecule has 1 N–H and O–H groups in total. The van der Waals surface area contributed by atoms with Gasteiger partial charge >= 0.3 is 0 Å². The molecule has 1 aromatic heterocycles. The Morgan fingerprint density at radius 3 is 2.58 bits per heavy atom. The van der Waals surface area contributed by atoms with Crippen molar-refractivity contribution in [2.24, 2.45) is 5.92 Å². The lowest BCUT2D eigenvalue weighted by atomic mass is 9.84. The zero-order valence-electron chi connectivity index (χ0n) is 18.9. The van der Waals surface area contributed by atoms with Gasteiger partial charge in [-0.3, -0.25) is 9.59 Å². The van der Waals surface area contributed by atoms with Gasteiger partial charge in [0.2, 0.25) is 5.91 Å². The second-order valence-electron chi connectivity index (χ2n) is 9.07. The number of aromatic nitrogens is 4. The predicted molar refractivity (Wildman–Crippen MR) is 124 cm³/mol. The van der Waals surface area contributed by atoms with Gasteiger partial charge < -0.3 is 10.2 Å². The van der Waals surface area contributed by atoms with Crippen LogP contribution >= 0.6 is 0 Å². The molecule has 1 aliphatic heterocycles. The van der Waals surface area contributed by atoms with E-state index in [0.717, 1.165) is 36.9 Å². The molecule has 1 saturated carbocycles. The smallest absolute Gasteiger partial charge is 0.254 e. The number of carbonyl (C=O) groups is 2. The van der Waals surface area contributed by atoms with E-state index in [-0.39, 0.29) is 17.9 Å². The summed E-state index contributed by atoms with van der Waals surface area (Å²) in [6, 6.07) is 14.6. The average molecular weight is 445 g/mol. The van der Waals surface area contributed by atoms with Crippen molar-refractivity contribution in [3.8, 4) is 5.69 Å². The summed E-state index contributed by atoms with van der Waals surface area (Å²) in [5.74, 6) is 0.844. The van der Waals surface area contributed by atoms with Crippen LogP contribution in [0, 0.1) is 19.8 Å². The Morgan fingerprint density at radius 1 is 1.03 bits per heavy atom. The average Bonchev–Trinajstić information content (AvgIpc) is 3.44. The first-order chi connectivity index (χ1) is 16.0. The van der Waals surface area contributed by atoms with Gasteiger partial charge in [0.05, 0.1) is 5.69 Å². The third-order valence-corrected chi connectivity index (χ3v) is 6.98. The number of amides is 2. The van der Waals surface area contributed by atoms with E-state index in [9.17, 15) is 9.59 Å². The highest BCUT2D eigenvalue weighted by Crippen LogP contribution is 2.41. The molecule has 2 fully saturated rings. The molecular formula is C25H28N6O2. The zero-order chi connectivity index (χ0) is 22.9. The minimum Gasteiger partial charge on any atom is -0.324 e. The maximum Gasteiger partial charge on any atom is 0.254 e. The van der Waals surface area contributed by atoms with Crippen LogP contribution in [0.1, 0.15) is 53.8 Å². The summed E-state index contributed by atoms with van der Waals surface area (Å²) < 4.78 is 1.65. The highest BCUT2D eigenvalue weighted by atomic mass is 16.2. The Kier molecular flexibility index (Phi) is 5.66. The minimum atomic E-state index is -0.481. The third-order valence-electron chi connectivity index (χ3n) is 6.98. The van der Waals surface area contributed by atoms with E-state index in [2.05, 4.69) is 20.8 Å². The molecule has 170 valence electrons. The summed E-state index contributed by atoms with van der Waals surface area (Å²) in [7, 11) is 0. The molecule has 8 nitrogen and oxygen atoms in total. The van der Waals surface area contributed by atoms with Crippen LogP contribution in [0.3, 0.4) is 0 Å². The van der Waals surface area contributed by atoms with Crippen LogP contribution in [0.2, 0.25) is 0 Å². The third kappa shape index (κ3) is 4.01. The van der Waals surface area contributed by atoms with E-state index in [4.69, 9.17) is 0 Å². The van der Waals surface area contributed by atoms with Crippen LogP contribution in [0.15, 0.2) is 48.5 Å². The molecule has 3 atom stereocenters. The number of nitrogens with one attached hydrogen (secondary N) is 1. The largest absolute Gasteiger partial charge is 0.324 e. The second kappa shape index (κ2) is 8.77. The highest BCUT2D eigenvalue weighted by Gasteiger charge is 2.47. The zero-order valence-corrected chi connectivity index (χ0v) is 18.9. The van der Waals surface area contributed by atoms with Gasteiger partial charge in [-0.05, 0) is 79.3 Å². The molecule has 5 rings (SSSR count). The molecule has 3 aromatic rings. The van der Waals surface area contributed by atoms with Gasteiger partial charge in [0.25, 0.3) is 5.91 Å². The van der Waals surface area contributed by atoms with Crippen molar-refractivity contribution in [2.75, 3.05) is 5.32 Å². The van der Waals surface area contributed by atoms with Crippen LogP contribution in [0.25, 0.3) is 5.69 Å². The van der Waals surface area contributed by atoms with Crippen molar-refractivity contribution in [3.05, 3.63) is 65.5 Å². The number of hydrogen-bond donors (Lipinski definition) is 1. The Balaban J connectivity index is 1.42. The number of hydrogen-bond acceptors (Lipinski definition) is 5. The van der Waals surface area contributed by atoms with Gasteiger partial charge in [-0.2, -0.15) is 4.68 Å². The van der Waals surface area contributed by atoms with Gasteiger partial charge in [-0.25, -0.2) is 0 Å². The first kappa shape index (κ1) is 21.3. The topological polar surface area (TPSA) is 93.0 Å². The number of nitrogens with zero attached hydrogens (tertiary/aromatic N) is 5. The van der Waals surface area contributed by atoms with Crippen LogP contribution in [-0.2, 0) is 4.79 Å². The molecule has 0 bridgehead atoms. The number of carbonyl (C=O) groups excluding carboxylic acids is 2. The molecule has 0 radical (unpaired) electrons. The lowest BCUT2D eigenvalue weighted by molar-refractivity contribution is -0.120. The number of rotatable bonds is 4. The summed E-state index contributed by atoms with van der Waals surface area (Å²) in [5.41, 5.74) is 3.11. The summed E-state index contributed by atoms with van der Waals surface area (Å²) in [6.07, 6.45) is 5.00. The number of aryl methyl sites for hydroxylation is 2. The van der Waals surface area contributed by atoms with Gasteiger partial charge in [0, 0.05) is 17.3 Å². The Hall–Kier alpha value is -3.55. The minimum absolute atomic E-state index is 0.0564. The van der Waals surface area contributed by atoms with Crippen molar-refractivity contribution in [1.82, 2.24) is 25.1 Å². The standard InChI is InChI=1S/C25H28N6O2/c1-16-12-13-20(15-22(16)31-17(2)27-28-29-31)26-24(32)23-14-19-10-6-7-11-21(19)30(23)25(33)18-8-4-3-5-9-18/h3-5,8-9,12-13,15,19,21,23H,6-7,10-11,14H2,1-2H3,(H,26,32). The molecule has 3 unspecified atom stereocenters.